The maximum absolute atomic E-state index is 5.98. The van der Waals surface area contributed by atoms with Crippen LogP contribution in [0.4, 0.5) is 0 Å². The highest BCUT2D eigenvalue weighted by molar-refractivity contribution is 9.11. The number of rotatable bonds is 1. The van der Waals surface area contributed by atoms with Crippen molar-refractivity contribution in [1.29, 1.82) is 0 Å². The zero-order valence-corrected chi connectivity index (χ0v) is 13.2. The maximum atomic E-state index is 5.98. The van der Waals surface area contributed by atoms with E-state index in [0.717, 1.165) is 21.1 Å². The van der Waals surface area contributed by atoms with E-state index in [1.807, 2.05) is 19.9 Å². The fourth-order valence-electron chi connectivity index (χ4n) is 2.59. The second kappa shape index (κ2) is 5.26. The Morgan fingerprint density at radius 2 is 2.26 bits per heavy atom. The van der Waals surface area contributed by atoms with Gasteiger partial charge in [-0.25, -0.2) is 0 Å². The van der Waals surface area contributed by atoms with Gasteiger partial charge < -0.3 is 19.8 Å². The van der Waals surface area contributed by atoms with Gasteiger partial charge in [0.25, 0.3) is 0 Å². The van der Waals surface area contributed by atoms with E-state index >= 15 is 0 Å². The third-order valence-electron chi connectivity index (χ3n) is 3.58. The molecule has 3 aliphatic heterocycles. The molecule has 4 nitrogen and oxygen atoms in total. The number of allylic oxidation sites excluding steroid dienone is 3. The lowest BCUT2D eigenvalue weighted by Crippen LogP contribution is -2.39. The maximum Gasteiger partial charge on any atom is 0.495 e. The summed E-state index contributed by atoms with van der Waals surface area (Å²) < 4.78 is 18.4. The summed E-state index contributed by atoms with van der Waals surface area (Å²) in [6.07, 6.45) is 3.52. The van der Waals surface area contributed by atoms with Crippen LogP contribution in [0.2, 0.25) is 0 Å². The van der Waals surface area contributed by atoms with Gasteiger partial charge in [-0.05, 0) is 36.5 Å². The van der Waals surface area contributed by atoms with Crippen molar-refractivity contribution in [2.75, 3.05) is 13.2 Å². The first kappa shape index (κ1) is 15.1. The van der Waals surface area contributed by atoms with E-state index in [1.165, 1.54) is 0 Å². The molecule has 0 saturated heterocycles. The first-order valence-corrected chi connectivity index (χ1v) is 6.79. The topological polar surface area (TPSA) is 53.7 Å². The van der Waals surface area contributed by atoms with E-state index in [0.29, 0.717) is 13.2 Å². The second-order valence-corrected chi connectivity index (χ2v) is 5.94. The van der Waals surface area contributed by atoms with Gasteiger partial charge in [0.05, 0.1) is 18.0 Å². The summed E-state index contributed by atoms with van der Waals surface area (Å²) in [6.45, 7) is 5.03. The summed E-state index contributed by atoms with van der Waals surface area (Å²) in [6, 6.07) is 0. The minimum Gasteiger partial charge on any atom is -0.497 e. The van der Waals surface area contributed by atoms with Gasteiger partial charge in [0, 0.05) is 11.0 Å². The smallest absolute Gasteiger partial charge is 0.495 e. The molecule has 2 N–H and O–H groups in total. The van der Waals surface area contributed by atoms with Crippen LogP contribution in [0.1, 0.15) is 13.8 Å². The minimum absolute atomic E-state index is 0. The van der Waals surface area contributed by atoms with Crippen molar-refractivity contribution >= 4 is 35.5 Å². The van der Waals surface area contributed by atoms with Crippen LogP contribution in [-0.2, 0) is 14.0 Å². The molecule has 0 radical (unpaired) electrons. The van der Waals surface area contributed by atoms with Gasteiger partial charge >= 0.3 is 7.12 Å². The van der Waals surface area contributed by atoms with Gasteiger partial charge in [0.15, 0.2) is 0 Å². The Morgan fingerprint density at radius 3 is 2.95 bits per heavy atom. The molecule has 0 spiro atoms. The number of hydrogen-bond donors (Lipinski definition) is 1. The van der Waals surface area contributed by atoms with Crippen molar-refractivity contribution in [1.82, 2.24) is 0 Å². The monoisotopic (exact) mass is 347 g/mol. The SMILES string of the molecule is CC1(C)OB2OC(CN)C(Br)=C3C=COCC1=C23.Cl. The van der Waals surface area contributed by atoms with Crippen molar-refractivity contribution in [3.63, 3.8) is 0 Å². The first-order chi connectivity index (χ1) is 8.54. The lowest BCUT2D eigenvalue weighted by atomic mass is 9.70. The molecule has 3 rings (SSSR count). The molecule has 7 heteroatoms. The Labute approximate surface area is 127 Å². The molecular weight excluding hydrogens is 332 g/mol. The minimum atomic E-state index is -0.367. The Bertz CT molecular complexity index is 489. The van der Waals surface area contributed by atoms with Crippen LogP contribution in [-0.4, -0.2) is 32.0 Å². The van der Waals surface area contributed by atoms with Crippen LogP contribution in [0.25, 0.3) is 0 Å². The Morgan fingerprint density at radius 1 is 1.53 bits per heavy atom. The average molecular weight is 348 g/mol. The Hall–Kier alpha value is -0.265. The molecule has 0 bridgehead atoms. The summed E-state index contributed by atoms with van der Waals surface area (Å²) in [5, 5.41) is 0. The zero-order chi connectivity index (χ0) is 12.9. The van der Waals surface area contributed by atoms with Crippen LogP contribution in [0, 0.1) is 0 Å². The van der Waals surface area contributed by atoms with Crippen molar-refractivity contribution in [3.05, 3.63) is 33.4 Å². The van der Waals surface area contributed by atoms with Gasteiger partial charge in [0.1, 0.15) is 6.61 Å². The van der Waals surface area contributed by atoms with Gasteiger partial charge in [-0.2, -0.15) is 0 Å². The molecule has 0 amide bonds. The molecule has 19 heavy (non-hydrogen) atoms. The van der Waals surface area contributed by atoms with Crippen LogP contribution < -0.4 is 5.73 Å². The summed E-state index contributed by atoms with van der Waals surface area (Å²) in [4.78, 5) is 0. The predicted octanol–water partition coefficient (Wildman–Crippen LogP) is 2.09. The first-order valence-electron chi connectivity index (χ1n) is 5.99. The lowest BCUT2D eigenvalue weighted by molar-refractivity contribution is 0.0917. The van der Waals surface area contributed by atoms with Gasteiger partial charge in [-0.1, -0.05) is 15.9 Å². The molecule has 0 fully saturated rings. The van der Waals surface area contributed by atoms with Crippen molar-refractivity contribution in [2.24, 2.45) is 5.73 Å². The highest BCUT2D eigenvalue weighted by Crippen LogP contribution is 2.45. The largest absolute Gasteiger partial charge is 0.497 e. The number of hydrogen-bond acceptors (Lipinski definition) is 4. The third kappa shape index (κ3) is 2.30. The van der Waals surface area contributed by atoms with E-state index in [9.17, 15) is 0 Å². The number of halogens is 2. The number of nitrogens with two attached hydrogens (primary N) is 1. The molecule has 0 aromatic rings. The van der Waals surface area contributed by atoms with Gasteiger partial charge in [-0.3, -0.25) is 0 Å². The predicted molar refractivity (Wildman–Crippen MR) is 80.2 cm³/mol. The highest BCUT2D eigenvalue weighted by Gasteiger charge is 2.50. The molecule has 0 aromatic heterocycles. The van der Waals surface area contributed by atoms with E-state index in [1.54, 1.807) is 6.26 Å². The lowest BCUT2D eigenvalue weighted by Gasteiger charge is -2.28. The fraction of sp³-hybridized carbons (Fsp3) is 0.500. The number of ether oxygens (including phenoxy) is 1. The van der Waals surface area contributed by atoms with E-state index in [4.69, 9.17) is 19.8 Å². The molecule has 3 aliphatic rings. The van der Waals surface area contributed by atoms with E-state index in [2.05, 4.69) is 15.9 Å². The highest BCUT2D eigenvalue weighted by atomic mass is 79.9. The van der Waals surface area contributed by atoms with Crippen LogP contribution >= 0.6 is 28.3 Å². The Balaban J connectivity index is 0.00000133. The second-order valence-electron chi connectivity index (χ2n) is 5.09. The van der Waals surface area contributed by atoms with E-state index in [-0.39, 0.29) is 31.2 Å². The Kier molecular flexibility index (Phi) is 4.19. The van der Waals surface area contributed by atoms with E-state index < -0.39 is 0 Å². The average Bonchev–Trinajstić information content (AvgIpc) is 2.52. The summed E-state index contributed by atoms with van der Waals surface area (Å²) in [7, 11) is -0.341. The molecule has 0 aromatic carbocycles. The fourth-order valence-corrected chi connectivity index (χ4v) is 3.23. The molecule has 1 unspecified atom stereocenters. The molecule has 3 heterocycles. The van der Waals surface area contributed by atoms with Crippen molar-refractivity contribution < 1.29 is 14.0 Å². The molecule has 1 atom stereocenters. The van der Waals surface area contributed by atoms with Crippen molar-refractivity contribution in [3.8, 4) is 0 Å². The molecular formula is C12H16BBrClNO3. The van der Waals surface area contributed by atoms with Crippen LogP contribution in [0.3, 0.4) is 0 Å². The van der Waals surface area contributed by atoms with Crippen molar-refractivity contribution in [2.45, 2.75) is 25.6 Å². The quantitative estimate of drug-likeness (QED) is 0.738. The van der Waals surface area contributed by atoms with Crippen LogP contribution in [0.15, 0.2) is 33.4 Å². The zero-order valence-electron chi connectivity index (χ0n) is 10.8. The normalized spacial score (nSPS) is 27.8. The summed E-state index contributed by atoms with van der Waals surface area (Å²) in [5.41, 5.74) is 8.68. The van der Waals surface area contributed by atoms with Gasteiger partial charge in [0.2, 0.25) is 0 Å². The summed E-state index contributed by atoms with van der Waals surface area (Å²) in [5.74, 6) is 0. The van der Waals surface area contributed by atoms with Gasteiger partial charge in [-0.15, -0.1) is 12.4 Å². The third-order valence-corrected chi connectivity index (χ3v) is 4.52. The summed E-state index contributed by atoms with van der Waals surface area (Å²) >= 11 is 3.59. The molecule has 0 saturated carbocycles. The van der Waals surface area contributed by atoms with Crippen LogP contribution in [0.5, 0.6) is 0 Å². The molecule has 104 valence electrons. The molecule has 0 aliphatic carbocycles. The standard InChI is InChI=1S/C12H15BBrNO3.ClH/c1-12(2)8-6-16-4-3-7-10(8)13(18-12)17-9(5-15)11(7)14;/h3-4,9H,5-6,15H2,1-2H3;1H.